The molecule has 11 heteroatoms. The number of aromatic nitrogens is 2. The SMILES string of the molecule is Cc1noc2c(OC3CC(C(=O)O)N(C(=O)C(NC(=O)OC(C)(C)C)C(C)(C)C)C3)cc(-c3ccccc3)nc12. The van der Waals surface area contributed by atoms with Crippen LogP contribution in [0, 0.1) is 12.3 Å². The van der Waals surface area contributed by atoms with Gasteiger partial charge >= 0.3 is 12.1 Å². The summed E-state index contributed by atoms with van der Waals surface area (Å²) in [5, 5.41) is 16.7. The van der Waals surface area contributed by atoms with Crippen molar-refractivity contribution < 1.29 is 33.5 Å². The van der Waals surface area contributed by atoms with E-state index in [0.29, 0.717) is 28.2 Å². The van der Waals surface area contributed by atoms with Crippen LogP contribution in [0.2, 0.25) is 0 Å². The van der Waals surface area contributed by atoms with Crippen molar-refractivity contribution in [2.24, 2.45) is 5.41 Å². The zero-order valence-electron chi connectivity index (χ0n) is 23.8. The van der Waals surface area contributed by atoms with E-state index < -0.39 is 47.2 Å². The number of nitrogens with one attached hydrogen (secondary N) is 1. The van der Waals surface area contributed by atoms with Crippen molar-refractivity contribution in [3.63, 3.8) is 0 Å². The summed E-state index contributed by atoms with van der Waals surface area (Å²) in [7, 11) is 0. The molecule has 1 fully saturated rings. The van der Waals surface area contributed by atoms with Gasteiger partial charge in [-0.15, -0.1) is 0 Å². The normalized spacial score (nSPS) is 18.4. The smallest absolute Gasteiger partial charge is 0.408 e. The molecule has 4 rings (SSSR count). The second-order valence-electron chi connectivity index (χ2n) is 12.1. The number of hydrogen-bond acceptors (Lipinski definition) is 8. The predicted molar refractivity (Wildman–Crippen MR) is 147 cm³/mol. The molecule has 3 heterocycles. The van der Waals surface area contributed by atoms with E-state index in [0.717, 1.165) is 5.56 Å². The van der Waals surface area contributed by atoms with Gasteiger partial charge in [0.1, 0.15) is 35.0 Å². The second-order valence-corrected chi connectivity index (χ2v) is 12.1. The summed E-state index contributed by atoms with van der Waals surface area (Å²) >= 11 is 0. The first-order valence-corrected chi connectivity index (χ1v) is 13.2. The number of aliphatic carboxylic acids is 1. The minimum atomic E-state index is -1.16. The molecule has 3 atom stereocenters. The van der Waals surface area contributed by atoms with E-state index >= 15 is 0 Å². The standard InChI is InChI=1S/C29H36N4O7/c1-16-22-23(40-32-16)21(14-19(30-22)17-11-9-8-10-12-17)38-18-13-20(26(35)36)33(15-18)25(34)24(28(2,3)4)31-27(37)39-29(5,6)7/h8-12,14,18,20,24H,13,15H2,1-7H3,(H,31,37)(H,35,36). The van der Waals surface area contributed by atoms with Crippen molar-refractivity contribution in [1.82, 2.24) is 20.4 Å². The lowest BCUT2D eigenvalue weighted by atomic mass is 9.85. The molecular weight excluding hydrogens is 516 g/mol. The molecule has 3 unspecified atom stereocenters. The number of carboxylic acid groups (broad SMARTS) is 1. The maximum Gasteiger partial charge on any atom is 0.408 e. The molecule has 11 nitrogen and oxygen atoms in total. The number of hydrogen-bond donors (Lipinski definition) is 2. The van der Waals surface area contributed by atoms with Crippen LogP contribution in [0.1, 0.15) is 53.7 Å². The van der Waals surface area contributed by atoms with Crippen molar-refractivity contribution in [1.29, 1.82) is 0 Å². The van der Waals surface area contributed by atoms with E-state index in [4.69, 9.17) is 14.0 Å². The Kier molecular flexibility index (Phi) is 7.78. The molecule has 0 saturated carbocycles. The highest BCUT2D eigenvalue weighted by molar-refractivity contribution is 5.90. The number of carbonyl (C=O) groups excluding carboxylic acids is 2. The summed E-state index contributed by atoms with van der Waals surface area (Å²) in [4.78, 5) is 44.5. The lowest BCUT2D eigenvalue weighted by Gasteiger charge is -2.35. The van der Waals surface area contributed by atoms with E-state index in [1.165, 1.54) is 4.90 Å². The molecule has 2 aromatic heterocycles. The lowest BCUT2D eigenvalue weighted by Crippen LogP contribution is -2.57. The van der Waals surface area contributed by atoms with Crippen LogP contribution in [0.5, 0.6) is 5.75 Å². The number of benzene rings is 1. The fraction of sp³-hybridized carbons (Fsp3) is 0.483. The van der Waals surface area contributed by atoms with Gasteiger partial charge in [-0.2, -0.15) is 0 Å². The van der Waals surface area contributed by atoms with Crippen molar-refractivity contribution in [2.45, 2.75) is 78.7 Å². The quantitative estimate of drug-likeness (QED) is 0.449. The number of ether oxygens (including phenoxy) is 2. The molecule has 2 N–H and O–H groups in total. The Morgan fingerprint density at radius 2 is 1.80 bits per heavy atom. The molecule has 40 heavy (non-hydrogen) atoms. The first-order valence-electron chi connectivity index (χ1n) is 13.2. The largest absolute Gasteiger partial charge is 0.484 e. The Labute approximate surface area is 232 Å². The Morgan fingerprint density at radius 3 is 2.40 bits per heavy atom. The number of nitrogens with zero attached hydrogens (tertiary/aromatic N) is 3. The van der Waals surface area contributed by atoms with Crippen molar-refractivity contribution >= 4 is 29.1 Å². The van der Waals surface area contributed by atoms with Crippen LogP contribution in [-0.2, 0) is 14.3 Å². The van der Waals surface area contributed by atoms with Crippen molar-refractivity contribution in [3.05, 3.63) is 42.1 Å². The predicted octanol–water partition coefficient (Wildman–Crippen LogP) is 4.57. The van der Waals surface area contributed by atoms with Crippen LogP contribution in [0.4, 0.5) is 4.79 Å². The number of fused-ring (bicyclic) bond motifs is 1. The molecule has 0 spiro atoms. The number of carboxylic acids is 1. The van der Waals surface area contributed by atoms with Crippen LogP contribution >= 0.6 is 0 Å². The van der Waals surface area contributed by atoms with Gasteiger partial charge in [0, 0.05) is 18.1 Å². The van der Waals surface area contributed by atoms with Gasteiger partial charge < -0.3 is 29.3 Å². The van der Waals surface area contributed by atoms with E-state index in [1.54, 1.807) is 54.5 Å². The summed E-state index contributed by atoms with van der Waals surface area (Å²) in [6.07, 6.45) is -1.37. The number of aryl methyl sites for hydroxylation is 1. The van der Waals surface area contributed by atoms with Gasteiger partial charge in [-0.25, -0.2) is 14.6 Å². The summed E-state index contributed by atoms with van der Waals surface area (Å²) in [5.74, 6) is -1.34. The molecule has 3 aromatic rings. The van der Waals surface area contributed by atoms with Crippen molar-refractivity contribution in [2.75, 3.05) is 6.54 Å². The Morgan fingerprint density at radius 1 is 1.12 bits per heavy atom. The minimum absolute atomic E-state index is 0.00398. The third-order valence-electron chi connectivity index (χ3n) is 6.52. The van der Waals surface area contributed by atoms with Gasteiger partial charge in [-0.05, 0) is 33.1 Å². The minimum Gasteiger partial charge on any atom is -0.484 e. The highest BCUT2D eigenvalue weighted by atomic mass is 16.6. The van der Waals surface area contributed by atoms with E-state index in [2.05, 4.69) is 15.5 Å². The van der Waals surface area contributed by atoms with Crippen LogP contribution in [-0.4, -0.2) is 68.5 Å². The fourth-order valence-electron chi connectivity index (χ4n) is 4.62. The Hall–Kier alpha value is -4.15. The Bertz CT molecular complexity index is 1410. The molecule has 1 aliphatic heterocycles. The summed E-state index contributed by atoms with van der Waals surface area (Å²) in [6, 6.07) is 9.09. The lowest BCUT2D eigenvalue weighted by molar-refractivity contribution is -0.150. The third kappa shape index (κ3) is 6.35. The summed E-state index contributed by atoms with van der Waals surface area (Å²) in [6.45, 7) is 12.3. The van der Waals surface area contributed by atoms with Crippen LogP contribution in [0.3, 0.4) is 0 Å². The van der Waals surface area contributed by atoms with Gasteiger partial charge in [-0.3, -0.25) is 4.79 Å². The van der Waals surface area contributed by atoms with E-state index in [9.17, 15) is 19.5 Å². The van der Waals surface area contributed by atoms with Crippen LogP contribution in [0.25, 0.3) is 22.4 Å². The number of pyridine rings is 1. The molecule has 214 valence electrons. The topological polar surface area (TPSA) is 144 Å². The number of carbonyl (C=O) groups is 3. The monoisotopic (exact) mass is 552 g/mol. The highest BCUT2D eigenvalue weighted by Crippen LogP contribution is 2.34. The van der Waals surface area contributed by atoms with Gasteiger partial charge in [0.15, 0.2) is 5.75 Å². The molecule has 1 aliphatic rings. The van der Waals surface area contributed by atoms with Crippen molar-refractivity contribution in [3.8, 4) is 17.0 Å². The number of amides is 2. The summed E-state index contributed by atoms with van der Waals surface area (Å²) in [5.41, 5.74) is 1.48. The average Bonchev–Trinajstić information content (AvgIpc) is 3.45. The zero-order valence-corrected chi connectivity index (χ0v) is 23.8. The number of rotatable bonds is 6. The van der Waals surface area contributed by atoms with Crippen LogP contribution < -0.4 is 10.1 Å². The maximum absolute atomic E-state index is 13.8. The first-order chi connectivity index (χ1) is 18.6. The van der Waals surface area contributed by atoms with Gasteiger partial charge in [0.25, 0.3) is 0 Å². The molecule has 0 aliphatic carbocycles. The first kappa shape index (κ1) is 28.8. The highest BCUT2D eigenvalue weighted by Gasteiger charge is 2.46. The van der Waals surface area contributed by atoms with Crippen LogP contribution in [0.15, 0.2) is 40.9 Å². The summed E-state index contributed by atoms with van der Waals surface area (Å²) < 4.78 is 17.2. The van der Waals surface area contributed by atoms with E-state index in [-0.39, 0.29) is 13.0 Å². The van der Waals surface area contributed by atoms with Gasteiger partial charge in [0.05, 0.1) is 12.2 Å². The third-order valence-corrected chi connectivity index (χ3v) is 6.52. The second kappa shape index (κ2) is 10.8. The molecule has 2 amide bonds. The zero-order chi connectivity index (χ0) is 29.4. The number of alkyl carbamates (subject to hydrolysis) is 1. The Balaban J connectivity index is 1.62. The van der Waals surface area contributed by atoms with Gasteiger partial charge in [0.2, 0.25) is 11.5 Å². The molecule has 1 aromatic carbocycles. The molecule has 0 radical (unpaired) electrons. The maximum atomic E-state index is 13.8. The molecule has 0 bridgehead atoms. The molecular formula is C29H36N4O7. The average molecular weight is 553 g/mol. The van der Waals surface area contributed by atoms with E-state index in [1.807, 2.05) is 30.3 Å². The van der Waals surface area contributed by atoms with Gasteiger partial charge in [-0.1, -0.05) is 56.3 Å². The fourth-order valence-corrected chi connectivity index (χ4v) is 4.62. The number of likely N-dealkylation sites (tertiary alicyclic amines) is 1. The molecule has 1 saturated heterocycles.